The molecule has 0 amide bonds. The summed E-state index contributed by atoms with van der Waals surface area (Å²) >= 11 is 3.67. The number of hydrogen-bond acceptors (Lipinski definition) is 9. The summed E-state index contributed by atoms with van der Waals surface area (Å²) in [6.07, 6.45) is 3.21. The first-order valence-corrected chi connectivity index (χ1v) is 18.3. The standard InChI is InChI=1S/C33H28F2I2O9S/c1-32(12-6-7-13-32)46-31(40)27-25-20-10-4-2-8-18(20)24(19-9-3-5-11-21(19)25)26(27)30(39)45-28-22(14-17(36)15-23(28)37)29(38)44-16-33(34,35)47(41,42)43/h2-5,8-11,14-15,24-27H,6-7,12-13,16H2,1H3,(H,41,42,43)/p-1. The van der Waals surface area contributed by atoms with Crippen molar-refractivity contribution in [2.75, 3.05) is 6.61 Å². The molecule has 0 heterocycles. The molecule has 7 rings (SSSR count). The van der Waals surface area contributed by atoms with Gasteiger partial charge in [-0.2, -0.15) is 8.78 Å². The smallest absolute Gasteiger partial charge is 0.367 e. The van der Waals surface area contributed by atoms with Crippen molar-refractivity contribution in [2.45, 2.75) is 55.3 Å². The number of carbonyl (C=O) groups is 3. The fraction of sp³-hybridized carbons (Fsp3) is 0.364. The minimum atomic E-state index is -6.11. The largest absolute Gasteiger partial charge is 0.743 e. The molecular formula is C33H27F2I2O9S-. The summed E-state index contributed by atoms with van der Waals surface area (Å²) in [4.78, 5) is 41.7. The maximum atomic E-state index is 14.4. The summed E-state index contributed by atoms with van der Waals surface area (Å²) in [5, 5.41) is -4.87. The van der Waals surface area contributed by atoms with E-state index in [0.717, 1.165) is 35.1 Å². The molecule has 0 aromatic heterocycles. The number of halogens is 4. The SMILES string of the molecule is CC1(OC(=O)C2C3c4ccccc4C(c4ccccc43)C2C(=O)Oc2c(I)cc(I)cc2C(=O)OCC(F)(F)S(=O)(=O)[O-])CCCC1. The van der Waals surface area contributed by atoms with Crippen LogP contribution in [0.1, 0.15) is 77.1 Å². The third-order valence-corrected chi connectivity index (χ3v) is 11.4. The Hall–Kier alpha value is -2.70. The Morgan fingerprint density at radius 1 is 0.894 bits per heavy atom. The second-order valence-electron chi connectivity index (χ2n) is 12.2. The van der Waals surface area contributed by atoms with E-state index < -0.39 is 74.7 Å². The highest BCUT2D eigenvalue weighted by Crippen LogP contribution is 2.59. The molecule has 0 saturated heterocycles. The van der Waals surface area contributed by atoms with Crippen LogP contribution in [0.4, 0.5) is 8.78 Å². The maximum Gasteiger partial charge on any atom is 0.367 e. The van der Waals surface area contributed by atoms with Crippen LogP contribution in [0.2, 0.25) is 0 Å². The number of ether oxygens (including phenoxy) is 3. The van der Waals surface area contributed by atoms with Crippen molar-refractivity contribution >= 4 is 73.2 Å². The van der Waals surface area contributed by atoms with Crippen LogP contribution in [0.5, 0.6) is 5.75 Å². The highest BCUT2D eigenvalue weighted by molar-refractivity contribution is 14.1. The van der Waals surface area contributed by atoms with Gasteiger partial charge in [0.1, 0.15) is 11.2 Å². The molecule has 4 aliphatic carbocycles. The van der Waals surface area contributed by atoms with Crippen molar-refractivity contribution in [1.29, 1.82) is 0 Å². The molecule has 0 N–H and O–H groups in total. The van der Waals surface area contributed by atoms with E-state index in [1.165, 1.54) is 6.07 Å². The van der Waals surface area contributed by atoms with Gasteiger partial charge in [0.15, 0.2) is 22.5 Å². The van der Waals surface area contributed by atoms with Crippen molar-refractivity contribution in [1.82, 2.24) is 0 Å². The zero-order valence-electron chi connectivity index (χ0n) is 24.7. The molecule has 9 nitrogen and oxygen atoms in total. The van der Waals surface area contributed by atoms with E-state index in [4.69, 9.17) is 9.47 Å². The molecular weight excluding hydrogens is 864 g/mol. The lowest BCUT2D eigenvalue weighted by Crippen LogP contribution is -2.50. The van der Waals surface area contributed by atoms with Gasteiger partial charge in [0, 0.05) is 15.4 Å². The van der Waals surface area contributed by atoms with Crippen molar-refractivity contribution in [2.24, 2.45) is 11.8 Å². The molecule has 1 fully saturated rings. The van der Waals surface area contributed by atoms with E-state index in [9.17, 15) is 36.1 Å². The predicted molar refractivity (Wildman–Crippen MR) is 179 cm³/mol. The summed E-state index contributed by atoms with van der Waals surface area (Å²) in [6.45, 7) is -0.138. The van der Waals surface area contributed by atoms with Crippen LogP contribution in [0.3, 0.4) is 0 Å². The predicted octanol–water partition coefficient (Wildman–Crippen LogP) is 6.50. The summed E-state index contributed by atoms with van der Waals surface area (Å²) in [6, 6.07) is 18.0. The van der Waals surface area contributed by atoms with Gasteiger partial charge in [0.2, 0.25) is 0 Å². The van der Waals surface area contributed by atoms with Crippen molar-refractivity contribution in [3.05, 3.63) is 95.6 Å². The molecule has 0 radical (unpaired) electrons. The highest BCUT2D eigenvalue weighted by Gasteiger charge is 2.57. The fourth-order valence-electron chi connectivity index (χ4n) is 7.06. The average molecular weight is 891 g/mol. The van der Waals surface area contributed by atoms with Crippen LogP contribution in [-0.2, 0) is 29.2 Å². The zero-order valence-corrected chi connectivity index (χ0v) is 29.8. The minimum Gasteiger partial charge on any atom is -0.743 e. The van der Waals surface area contributed by atoms with Gasteiger partial charge in [0.25, 0.3) is 0 Å². The number of hydrogen-bond donors (Lipinski definition) is 0. The van der Waals surface area contributed by atoms with Crippen molar-refractivity contribution < 1.29 is 50.3 Å². The average Bonchev–Trinajstić information content (AvgIpc) is 3.45. The molecule has 2 unspecified atom stereocenters. The molecule has 3 aromatic rings. The molecule has 0 spiro atoms. The normalized spacial score (nSPS) is 22.6. The van der Waals surface area contributed by atoms with Gasteiger partial charge in [-0.25, -0.2) is 13.2 Å². The molecule has 3 aromatic carbocycles. The van der Waals surface area contributed by atoms with Crippen LogP contribution >= 0.6 is 45.2 Å². The Bertz CT molecular complexity index is 1840. The number of rotatable bonds is 8. The summed E-state index contributed by atoms with van der Waals surface area (Å²) in [5.41, 5.74) is 2.40. The first kappa shape index (κ1) is 34.2. The van der Waals surface area contributed by atoms with Crippen molar-refractivity contribution in [3.63, 3.8) is 0 Å². The Morgan fingerprint density at radius 2 is 1.38 bits per heavy atom. The molecule has 14 heteroatoms. The monoisotopic (exact) mass is 891 g/mol. The zero-order chi connectivity index (χ0) is 33.9. The molecule has 1 saturated carbocycles. The first-order valence-electron chi connectivity index (χ1n) is 14.7. The van der Waals surface area contributed by atoms with Gasteiger partial charge in [-0.1, -0.05) is 48.5 Å². The Kier molecular flexibility index (Phi) is 9.19. The Balaban J connectivity index is 1.40. The number of carbonyl (C=O) groups excluding carboxylic acids is 3. The first-order chi connectivity index (χ1) is 22.1. The lowest BCUT2D eigenvalue weighted by Gasteiger charge is -2.48. The third kappa shape index (κ3) is 6.30. The number of fused-ring (bicyclic) bond motifs is 1. The second-order valence-corrected chi connectivity index (χ2v) is 16.1. The highest BCUT2D eigenvalue weighted by atomic mass is 127. The molecule has 0 aliphatic heterocycles. The lowest BCUT2D eigenvalue weighted by molar-refractivity contribution is -0.170. The van der Waals surface area contributed by atoms with Crippen LogP contribution in [0.15, 0.2) is 60.7 Å². The van der Waals surface area contributed by atoms with E-state index in [1.807, 2.05) is 101 Å². The van der Waals surface area contributed by atoms with Gasteiger partial charge in [-0.05, 0) is 112 Å². The number of benzene rings is 3. The van der Waals surface area contributed by atoms with Crippen LogP contribution in [0, 0.1) is 19.0 Å². The molecule has 2 atom stereocenters. The minimum absolute atomic E-state index is 0.248. The van der Waals surface area contributed by atoms with E-state index in [-0.39, 0.29) is 9.32 Å². The van der Waals surface area contributed by atoms with Crippen LogP contribution in [0.25, 0.3) is 0 Å². The molecule has 4 aliphatic rings. The van der Waals surface area contributed by atoms with Crippen LogP contribution in [-0.4, -0.2) is 48.3 Å². The van der Waals surface area contributed by atoms with E-state index in [0.29, 0.717) is 16.4 Å². The van der Waals surface area contributed by atoms with Gasteiger partial charge in [-0.15, -0.1) is 0 Å². The quantitative estimate of drug-likeness (QED) is 0.108. The maximum absolute atomic E-state index is 14.4. The second kappa shape index (κ2) is 12.6. The fourth-order valence-corrected chi connectivity index (χ4v) is 9.22. The van der Waals surface area contributed by atoms with Crippen LogP contribution < -0.4 is 4.74 Å². The molecule has 47 heavy (non-hydrogen) atoms. The number of esters is 3. The summed E-state index contributed by atoms with van der Waals surface area (Å²) in [7, 11) is -6.11. The number of alkyl halides is 2. The molecule has 248 valence electrons. The topological polar surface area (TPSA) is 136 Å². The van der Waals surface area contributed by atoms with Gasteiger partial charge >= 0.3 is 23.2 Å². The Morgan fingerprint density at radius 3 is 1.87 bits per heavy atom. The van der Waals surface area contributed by atoms with Gasteiger partial charge in [-0.3, -0.25) is 9.59 Å². The summed E-state index contributed by atoms with van der Waals surface area (Å²) in [5.74, 6) is -6.32. The molecule has 2 bridgehead atoms. The van der Waals surface area contributed by atoms with E-state index in [2.05, 4.69) is 4.74 Å². The van der Waals surface area contributed by atoms with Gasteiger partial charge < -0.3 is 18.8 Å². The third-order valence-electron chi connectivity index (χ3n) is 9.16. The summed E-state index contributed by atoms with van der Waals surface area (Å²) < 4.78 is 77.8. The van der Waals surface area contributed by atoms with Crippen molar-refractivity contribution in [3.8, 4) is 5.75 Å². The lowest BCUT2D eigenvalue weighted by atomic mass is 9.54. The Labute approximate surface area is 296 Å². The van der Waals surface area contributed by atoms with E-state index in [1.54, 1.807) is 6.07 Å². The van der Waals surface area contributed by atoms with E-state index >= 15 is 0 Å². The van der Waals surface area contributed by atoms with Gasteiger partial charge in [0.05, 0.1) is 15.4 Å².